The Morgan fingerprint density at radius 1 is 1.35 bits per heavy atom. The van der Waals surface area contributed by atoms with Gasteiger partial charge in [-0.2, -0.15) is 0 Å². The van der Waals surface area contributed by atoms with Crippen LogP contribution >= 0.6 is 23.2 Å². The van der Waals surface area contributed by atoms with Crippen molar-refractivity contribution in [1.29, 1.82) is 0 Å². The summed E-state index contributed by atoms with van der Waals surface area (Å²) >= 11 is 11.0. The van der Waals surface area contributed by atoms with Crippen LogP contribution in [0, 0.1) is 0 Å². The summed E-state index contributed by atoms with van der Waals surface area (Å²) in [7, 11) is -3.27. The number of sulfone groups is 1. The lowest BCUT2D eigenvalue weighted by atomic mass is 10.1. The van der Waals surface area contributed by atoms with Crippen molar-refractivity contribution in [1.82, 2.24) is 4.90 Å². The van der Waals surface area contributed by atoms with E-state index in [1.807, 2.05) is 0 Å². The van der Waals surface area contributed by atoms with E-state index < -0.39 is 26.7 Å². The predicted octanol–water partition coefficient (Wildman–Crippen LogP) is 1.14. The van der Waals surface area contributed by atoms with E-state index in [2.05, 4.69) is 0 Å². The van der Waals surface area contributed by atoms with Gasteiger partial charge in [0.05, 0.1) is 10.9 Å². The minimum Gasteiger partial charge on any atom is -0.386 e. The van der Waals surface area contributed by atoms with Crippen LogP contribution in [0.5, 0.6) is 0 Å². The molecule has 2 unspecified atom stereocenters. The van der Waals surface area contributed by atoms with Crippen LogP contribution < -0.4 is 0 Å². The number of hydrogen-bond acceptors (Lipinski definition) is 4. The summed E-state index contributed by atoms with van der Waals surface area (Å²) in [4.78, 5) is 11.9. The van der Waals surface area contributed by atoms with Crippen molar-refractivity contribution >= 4 is 38.9 Å². The highest BCUT2D eigenvalue weighted by Gasteiger charge is 2.45. The van der Waals surface area contributed by atoms with Gasteiger partial charge >= 0.3 is 0 Å². The normalized spacial score (nSPS) is 20.1. The summed E-state index contributed by atoms with van der Waals surface area (Å²) in [5, 5.41) is 10.1. The zero-order chi connectivity index (χ0) is 15.1. The second-order valence-electron chi connectivity index (χ2n) is 4.64. The van der Waals surface area contributed by atoms with Gasteiger partial charge in [-0.15, -0.1) is 0 Å². The maximum Gasteiger partial charge on any atom is 0.256 e. The Morgan fingerprint density at radius 3 is 2.35 bits per heavy atom. The van der Waals surface area contributed by atoms with Crippen molar-refractivity contribution in [2.75, 3.05) is 12.8 Å². The minimum absolute atomic E-state index is 0.179. The lowest BCUT2D eigenvalue weighted by molar-refractivity contribution is -0.125. The second-order valence-corrected chi connectivity index (χ2v) is 7.76. The summed E-state index contributed by atoms with van der Waals surface area (Å²) in [6, 6.07) is 5.54. The third-order valence-corrected chi connectivity index (χ3v) is 4.64. The lowest BCUT2D eigenvalue weighted by Gasteiger charge is -2.12. The first-order chi connectivity index (χ1) is 9.21. The number of rotatable bonds is 4. The van der Waals surface area contributed by atoms with Crippen molar-refractivity contribution in [2.24, 2.45) is 0 Å². The molecule has 20 heavy (non-hydrogen) atoms. The molecule has 0 aliphatic carbocycles. The van der Waals surface area contributed by atoms with Crippen molar-refractivity contribution < 1.29 is 18.3 Å². The molecule has 0 aromatic heterocycles. The van der Waals surface area contributed by atoms with Crippen LogP contribution in [-0.4, -0.2) is 48.0 Å². The van der Waals surface area contributed by atoms with Crippen LogP contribution in [0.25, 0.3) is 0 Å². The topological polar surface area (TPSA) is 74.5 Å². The Kier molecular flexibility index (Phi) is 4.30. The van der Waals surface area contributed by atoms with Gasteiger partial charge in [0.2, 0.25) is 0 Å². The van der Waals surface area contributed by atoms with E-state index in [4.69, 9.17) is 23.2 Å². The molecule has 1 aliphatic heterocycles. The standard InChI is InChI=1S/C12H13Cl2NO4S/c1-20(18,19)8-4-2-7(3-5-8)10(16)9-6-15(9)12(17)11(13)14/h2-5,9-11,16H,6H2,1H3. The van der Waals surface area contributed by atoms with Gasteiger partial charge < -0.3 is 10.0 Å². The Hall–Kier alpha value is -0.820. The molecule has 2 atom stereocenters. The minimum atomic E-state index is -3.27. The maximum absolute atomic E-state index is 11.5. The summed E-state index contributed by atoms with van der Waals surface area (Å²) in [5.41, 5.74) is 0.540. The van der Waals surface area contributed by atoms with E-state index in [0.29, 0.717) is 12.1 Å². The van der Waals surface area contributed by atoms with Gasteiger partial charge in [0, 0.05) is 12.8 Å². The molecular formula is C12H13Cl2NO4S. The molecule has 1 heterocycles. The molecular weight excluding hydrogens is 325 g/mol. The summed E-state index contributed by atoms with van der Waals surface area (Å²) in [6.07, 6.45) is 0.223. The van der Waals surface area contributed by atoms with Crippen LogP contribution in [-0.2, 0) is 14.6 Å². The van der Waals surface area contributed by atoms with E-state index in [-0.39, 0.29) is 10.9 Å². The summed E-state index contributed by atoms with van der Waals surface area (Å²) in [5.74, 6) is -0.440. The number of benzene rings is 1. The fourth-order valence-electron chi connectivity index (χ4n) is 1.94. The van der Waals surface area contributed by atoms with Gasteiger partial charge in [-0.1, -0.05) is 35.3 Å². The monoisotopic (exact) mass is 337 g/mol. The molecule has 1 amide bonds. The highest BCUT2D eigenvalue weighted by Crippen LogP contribution is 2.33. The van der Waals surface area contributed by atoms with E-state index in [0.717, 1.165) is 6.26 Å². The number of carbonyl (C=O) groups excluding carboxylic acids is 1. The molecule has 1 fully saturated rings. The predicted molar refractivity (Wildman–Crippen MR) is 75.5 cm³/mol. The summed E-state index contributed by atoms with van der Waals surface area (Å²) in [6.45, 7) is 0.379. The molecule has 1 aliphatic rings. The third-order valence-electron chi connectivity index (χ3n) is 3.13. The Balaban J connectivity index is 2.08. The van der Waals surface area contributed by atoms with Crippen molar-refractivity contribution in [3.63, 3.8) is 0 Å². The molecule has 1 saturated heterocycles. The second kappa shape index (κ2) is 5.52. The van der Waals surface area contributed by atoms with Crippen molar-refractivity contribution in [3.8, 4) is 0 Å². The van der Waals surface area contributed by atoms with E-state index in [9.17, 15) is 18.3 Å². The fraction of sp³-hybridized carbons (Fsp3) is 0.417. The number of amides is 1. The van der Waals surface area contributed by atoms with Crippen LogP contribution in [0.3, 0.4) is 0 Å². The van der Waals surface area contributed by atoms with Crippen LogP contribution in [0.15, 0.2) is 29.2 Å². The SMILES string of the molecule is CS(=O)(=O)c1ccc(C(O)C2CN2C(=O)C(Cl)Cl)cc1. The molecule has 0 bridgehead atoms. The van der Waals surface area contributed by atoms with Gasteiger partial charge in [0.1, 0.15) is 6.10 Å². The number of alkyl halides is 2. The molecule has 1 aromatic rings. The Bertz CT molecular complexity index is 615. The van der Waals surface area contributed by atoms with Crippen LogP contribution in [0.1, 0.15) is 11.7 Å². The third kappa shape index (κ3) is 3.25. The molecule has 1 aromatic carbocycles. The van der Waals surface area contributed by atoms with Crippen LogP contribution in [0.2, 0.25) is 0 Å². The average Bonchev–Trinajstić information content (AvgIpc) is 3.16. The first-order valence-electron chi connectivity index (χ1n) is 5.78. The average molecular weight is 338 g/mol. The largest absolute Gasteiger partial charge is 0.386 e. The van der Waals surface area contributed by atoms with Gasteiger partial charge in [0.25, 0.3) is 5.91 Å². The first-order valence-corrected chi connectivity index (χ1v) is 8.55. The number of nitrogens with zero attached hydrogens (tertiary/aromatic N) is 1. The van der Waals surface area contributed by atoms with E-state index in [1.54, 1.807) is 0 Å². The Morgan fingerprint density at radius 2 is 1.90 bits per heavy atom. The number of aliphatic hydroxyl groups is 1. The Labute approximate surface area is 127 Å². The molecule has 0 spiro atoms. The number of carbonyl (C=O) groups is 1. The molecule has 110 valence electrons. The molecule has 8 heteroatoms. The zero-order valence-electron chi connectivity index (χ0n) is 10.5. The number of hydrogen-bond donors (Lipinski definition) is 1. The summed E-state index contributed by atoms with van der Waals surface area (Å²) < 4.78 is 22.7. The van der Waals surface area contributed by atoms with Crippen molar-refractivity contribution in [2.45, 2.75) is 21.9 Å². The molecule has 0 saturated carbocycles. The van der Waals surface area contributed by atoms with E-state index in [1.165, 1.54) is 29.2 Å². The van der Waals surface area contributed by atoms with Crippen molar-refractivity contribution in [3.05, 3.63) is 29.8 Å². The molecule has 0 radical (unpaired) electrons. The maximum atomic E-state index is 11.5. The van der Waals surface area contributed by atoms with Gasteiger partial charge in [-0.3, -0.25) is 4.79 Å². The van der Waals surface area contributed by atoms with Gasteiger partial charge in [-0.05, 0) is 17.7 Å². The van der Waals surface area contributed by atoms with E-state index >= 15 is 0 Å². The first kappa shape index (κ1) is 15.6. The quantitative estimate of drug-likeness (QED) is 0.660. The highest BCUT2D eigenvalue weighted by molar-refractivity contribution is 7.90. The zero-order valence-corrected chi connectivity index (χ0v) is 12.9. The number of halogens is 2. The van der Waals surface area contributed by atoms with Gasteiger partial charge in [-0.25, -0.2) is 8.42 Å². The highest BCUT2D eigenvalue weighted by atomic mass is 35.5. The lowest BCUT2D eigenvalue weighted by Crippen LogP contribution is -2.22. The fourth-order valence-corrected chi connectivity index (χ4v) is 2.82. The smallest absolute Gasteiger partial charge is 0.256 e. The molecule has 1 N–H and O–H groups in total. The molecule has 2 rings (SSSR count). The molecule has 5 nitrogen and oxygen atoms in total. The van der Waals surface area contributed by atoms with Crippen LogP contribution in [0.4, 0.5) is 0 Å². The number of aliphatic hydroxyl groups excluding tert-OH is 1. The van der Waals surface area contributed by atoms with Gasteiger partial charge in [0.15, 0.2) is 14.7 Å².